The highest BCUT2D eigenvalue weighted by Gasteiger charge is 2.54. The van der Waals surface area contributed by atoms with Crippen molar-refractivity contribution in [2.24, 2.45) is 5.16 Å². The molecule has 1 fully saturated rings. The molecule has 1 unspecified atom stereocenters. The fourth-order valence-electron chi connectivity index (χ4n) is 3.14. The van der Waals surface area contributed by atoms with Gasteiger partial charge >= 0.3 is 24.0 Å². The van der Waals surface area contributed by atoms with E-state index in [0.717, 1.165) is 10.3 Å². The Morgan fingerprint density at radius 3 is 2.62 bits per heavy atom. The van der Waals surface area contributed by atoms with Crippen LogP contribution in [0.2, 0.25) is 0 Å². The first-order chi connectivity index (χ1) is 17.3. The third kappa shape index (κ3) is 6.34. The molecule has 4 N–H and O–H groups in total. The molecule has 13 nitrogen and oxygen atoms in total. The molecular weight excluding hydrogens is 567 g/mol. The summed E-state index contributed by atoms with van der Waals surface area (Å²) in [5.41, 5.74) is -0.691. The van der Waals surface area contributed by atoms with Gasteiger partial charge in [-0.15, -0.1) is 23.1 Å². The van der Waals surface area contributed by atoms with Gasteiger partial charge in [-0.05, 0) is 11.8 Å². The molecule has 2 atom stereocenters. The fourth-order valence-corrected chi connectivity index (χ4v) is 5.90. The van der Waals surface area contributed by atoms with Crippen LogP contribution in [0.5, 0.6) is 0 Å². The third-order valence-corrected chi connectivity index (χ3v) is 7.37. The number of fused-ring (bicyclic) bond motifs is 1. The molecule has 0 aromatic carbocycles. The topological polar surface area (TPSA) is 188 Å². The van der Waals surface area contributed by atoms with Crippen molar-refractivity contribution in [3.05, 3.63) is 22.3 Å². The number of aromatic nitrogens is 1. The summed E-state index contributed by atoms with van der Waals surface area (Å²) in [7, 11) is 0. The second-order valence-electron chi connectivity index (χ2n) is 7.15. The van der Waals surface area contributed by atoms with Crippen molar-refractivity contribution in [2.75, 3.05) is 29.7 Å². The summed E-state index contributed by atoms with van der Waals surface area (Å²) in [6.45, 7) is -0.974. The number of carbonyl (C=O) groups is 5. The lowest BCUT2D eigenvalue weighted by Crippen LogP contribution is -2.71. The molecule has 1 aromatic rings. The van der Waals surface area contributed by atoms with E-state index in [1.54, 1.807) is 6.26 Å². The maximum atomic E-state index is 12.9. The summed E-state index contributed by atoms with van der Waals surface area (Å²) < 4.78 is 37.5. The Bertz CT molecular complexity index is 1200. The summed E-state index contributed by atoms with van der Waals surface area (Å²) in [5.74, 6) is -6.19. The van der Waals surface area contributed by atoms with E-state index in [4.69, 9.17) is 5.11 Å². The lowest BCUT2D eigenvalue weighted by molar-refractivity contribution is -0.167. The summed E-state index contributed by atoms with van der Waals surface area (Å²) in [6, 6.07) is -1.18. The van der Waals surface area contributed by atoms with Crippen LogP contribution < -0.4 is 10.6 Å². The standard InChI is InChI=1S/C18H16F3N5O8S3/c1-35-3-6-4-36-14-10(13(30)26(14)11(6)15(31)32)23-12(29)9(25-34-2-8(27)28)7-5-37-17(22-7)24-16(33)18(19,20)21/h5,10,14H,2-4H2,1H3,(H,23,29)(H,27,28)(H,31,32)(H,22,24,33)/t10?,14-/m0/s1. The van der Waals surface area contributed by atoms with Crippen molar-refractivity contribution in [1.29, 1.82) is 0 Å². The number of β-lactam (4-membered cyclic amide) rings is 1. The summed E-state index contributed by atoms with van der Waals surface area (Å²) in [6.07, 6.45) is -3.42. The number of nitrogens with one attached hydrogen (secondary N) is 2. The highest BCUT2D eigenvalue weighted by Crippen LogP contribution is 2.41. The van der Waals surface area contributed by atoms with Crippen LogP contribution >= 0.6 is 34.9 Å². The molecule has 19 heteroatoms. The molecular formula is C18H16F3N5O8S3. The van der Waals surface area contributed by atoms with Crippen LogP contribution in [0.4, 0.5) is 18.3 Å². The van der Waals surface area contributed by atoms with Crippen molar-refractivity contribution in [3.63, 3.8) is 0 Å². The number of aliphatic carboxylic acids is 2. The van der Waals surface area contributed by atoms with Gasteiger partial charge in [-0.3, -0.25) is 24.6 Å². The Hall–Kier alpha value is -3.32. The van der Waals surface area contributed by atoms with E-state index in [0.29, 0.717) is 28.4 Å². The van der Waals surface area contributed by atoms with Gasteiger partial charge in [0.15, 0.2) is 10.8 Å². The number of alkyl halides is 3. The normalized spacial score (nSPS) is 19.6. The number of halogens is 3. The minimum atomic E-state index is -5.20. The number of amides is 3. The minimum absolute atomic E-state index is 0.170. The quantitative estimate of drug-likeness (QED) is 0.171. The maximum Gasteiger partial charge on any atom is 0.471 e. The molecule has 0 aliphatic carbocycles. The average Bonchev–Trinajstić information content (AvgIpc) is 3.27. The number of hydrogen-bond acceptors (Lipinski definition) is 11. The first kappa shape index (κ1) is 28.3. The number of nitrogens with zero attached hydrogens (tertiary/aromatic N) is 3. The first-order valence-corrected chi connectivity index (χ1v) is 13.1. The molecule has 3 rings (SSSR count). The number of thioether (sulfide) groups is 2. The van der Waals surface area contributed by atoms with Gasteiger partial charge < -0.3 is 20.4 Å². The predicted octanol–water partition coefficient (Wildman–Crippen LogP) is 0.551. The zero-order valence-electron chi connectivity index (χ0n) is 18.4. The van der Waals surface area contributed by atoms with Crippen molar-refractivity contribution in [2.45, 2.75) is 17.6 Å². The van der Waals surface area contributed by atoms with Gasteiger partial charge in [0.1, 0.15) is 22.8 Å². The van der Waals surface area contributed by atoms with Gasteiger partial charge in [0, 0.05) is 16.9 Å². The number of carboxylic acid groups (broad SMARTS) is 2. The molecule has 1 saturated heterocycles. The first-order valence-electron chi connectivity index (χ1n) is 9.80. The number of oxime groups is 1. The SMILES string of the molecule is CSCC1=C(C(=O)O)N2C(=O)C(NC(=O)C(=NOCC(=O)O)c3csc(NC(=O)C(F)(F)F)n3)[C@@H]2SC1. The molecule has 2 aliphatic heterocycles. The third-order valence-electron chi connectivity index (χ3n) is 4.64. The molecule has 3 amide bonds. The van der Waals surface area contributed by atoms with Crippen LogP contribution in [0.1, 0.15) is 5.69 Å². The van der Waals surface area contributed by atoms with Crippen LogP contribution in [0.25, 0.3) is 0 Å². The Morgan fingerprint density at radius 2 is 2.03 bits per heavy atom. The lowest BCUT2D eigenvalue weighted by Gasteiger charge is -2.49. The molecule has 0 spiro atoms. The fraction of sp³-hybridized carbons (Fsp3) is 0.389. The molecule has 2 aliphatic rings. The van der Waals surface area contributed by atoms with Crippen LogP contribution in [-0.2, 0) is 28.8 Å². The predicted molar refractivity (Wildman–Crippen MR) is 125 cm³/mol. The van der Waals surface area contributed by atoms with E-state index in [9.17, 15) is 42.3 Å². The van der Waals surface area contributed by atoms with E-state index in [1.807, 2.05) is 0 Å². The van der Waals surface area contributed by atoms with Crippen molar-refractivity contribution in [1.82, 2.24) is 15.2 Å². The molecule has 0 bridgehead atoms. The van der Waals surface area contributed by atoms with Crippen LogP contribution in [0.15, 0.2) is 21.8 Å². The number of anilines is 1. The van der Waals surface area contributed by atoms with Crippen LogP contribution in [0, 0.1) is 0 Å². The number of carboxylic acids is 2. The Kier molecular flexibility index (Phi) is 8.69. The molecule has 1 aromatic heterocycles. The smallest absolute Gasteiger partial charge is 0.471 e. The van der Waals surface area contributed by atoms with E-state index in [2.05, 4.69) is 20.3 Å². The summed E-state index contributed by atoms with van der Waals surface area (Å²) in [5, 5.41) is 25.3. The van der Waals surface area contributed by atoms with E-state index in [1.165, 1.54) is 28.8 Å². The van der Waals surface area contributed by atoms with Crippen molar-refractivity contribution in [3.8, 4) is 0 Å². The van der Waals surface area contributed by atoms with Crippen molar-refractivity contribution >= 4 is 75.4 Å². The maximum absolute atomic E-state index is 12.9. The second-order valence-corrected chi connectivity index (χ2v) is 9.98. The number of rotatable bonds is 10. The molecule has 3 heterocycles. The highest BCUT2D eigenvalue weighted by atomic mass is 32.2. The van der Waals surface area contributed by atoms with Gasteiger partial charge in [-0.2, -0.15) is 24.9 Å². The van der Waals surface area contributed by atoms with E-state index in [-0.39, 0.29) is 11.4 Å². The molecule has 0 saturated carbocycles. The largest absolute Gasteiger partial charge is 0.479 e. The Labute approximate surface area is 217 Å². The van der Waals surface area contributed by atoms with Crippen LogP contribution in [-0.4, -0.2) is 97.4 Å². The average molecular weight is 584 g/mol. The lowest BCUT2D eigenvalue weighted by atomic mass is 10.0. The number of hydrogen-bond donors (Lipinski definition) is 4. The summed E-state index contributed by atoms with van der Waals surface area (Å²) in [4.78, 5) is 68.6. The molecule has 200 valence electrons. The van der Waals surface area contributed by atoms with E-state index < -0.39 is 64.7 Å². The van der Waals surface area contributed by atoms with Crippen molar-refractivity contribution < 1.29 is 52.2 Å². The summed E-state index contributed by atoms with van der Waals surface area (Å²) >= 11 is 3.11. The number of carbonyl (C=O) groups excluding carboxylic acids is 3. The van der Waals surface area contributed by atoms with E-state index >= 15 is 0 Å². The van der Waals surface area contributed by atoms with Crippen LogP contribution in [0.3, 0.4) is 0 Å². The highest BCUT2D eigenvalue weighted by molar-refractivity contribution is 8.00. The van der Waals surface area contributed by atoms with Gasteiger partial charge in [-0.25, -0.2) is 14.6 Å². The molecule has 37 heavy (non-hydrogen) atoms. The number of thiazole rings is 1. The Balaban J connectivity index is 1.80. The zero-order chi connectivity index (χ0) is 27.5. The monoisotopic (exact) mass is 583 g/mol. The zero-order valence-corrected chi connectivity index (χ0v) is 20.8. The second kappa shape index (κ2) is 11.4. The van der Waals surface area contributed by atoms with Gasteiger partial charge in [0.05, 0.1) is 0 Å². The van der Waals surface area contributed by atoms with Gasteiger partial charge in [0.25, 0.3) is 11.8 Å². The molecule has 0 radical (unpaired) electrons. The van der Waals surface area contributed by atoms with Gasteiger partial charge in [0.2, 0.25) is 6.61 Å². The Morgan fingerprint density at radius 1 is 1.32 bits per heavy atom. The van der Waals surface area contributed by atoms with Gasteiger partial charge in [-0.1, -0.05) is 5.16 Å². The minimum Gasteiger partial charge on any atom is -0.479 e.